The maximum absolute atomic E-state index is 13.5. The molecule has 0 saturated carbocycles. The van der Waals surface area contributed by atoms with Gasteiger partial charge in [-0.2, -0.15) is 0 Å². The predicted molar refractivity (Wildman–Crippen MR) is 127 cm³/mol. The summed E-state index contributed by atoms with van der Waals surface area (Å²) in [6.45, 7) is 3.64. The Morgan fingerprint density at radius 2 is 1.61 bits per heavy atom. The SMILES string of the molecule is CCOc1ccc(N(CC(=O)Nc2ccccc2C(N)=O)S(=O)(=O)c2ccc(C)cc2)cc1. The van der Waals surface area contributed by atoms with E-state index in [1.165, 1.54) is 24.3 Å². The van der Waals surface area contributed by atoms with Gasteiger partial charge in [0.25, 0.3) is 15.9 Å². The average Bonchev–Trinajstić information content (AvgIpc) is 2.79. The number of nitrogens with zero attached hydrogens (tertiary/aromatic N) is 1. The van der Waals surface area contributed by atoms with Crippen molar-refractivity contribution in [2.75, 3.05) is 22.8 Å². The summed E-state index contributed by atoms with van der Waals surface area (Å²) in [5.41, 5.74) is 6.89. The van der Waals surface area contributed by atoms with E-state index >= 15 is 0 Å². The molecule has 172 valence electrons. The number of sulfonamides is 1. The lowest BCUT2D eigenvalue weighted by atomic mass is 10.1. The number of ether oxygens (including phenoxy) is 1. The molecule has 9 heteroatoms. The van der Waals surface area contributed by atoms with Gasteiger partial charge in [-0.25, -0.2) is 8.42 Å². The maximum Gasteiger partial charge on any atom is 0.264 e. The van der Waals surface area contributed by atoms with E-state index in [1.54, 1.807) is 48.5 Å². The Balaban J connectivity index is 1.96. The van der Waals surface area contributed by atoms with Gasteiger partial charge in [-0.05, 0) is 62.4 Å². The Bertz CT molecular complexity index is 1240. The summed E-state index contributed by atoms with van der Waals surface area (Å²) in [6.07, 6.45) is 0. The molecule has 0 bridgehead atoms. The van der Waals surface area contributed by atoms with Gasteiger partial charge in [0.2, 0.25) is 5.91 Å². The van der Waals surface area contributed by atoms with Gasteiger partial charge in [0.15, 0.2) is 0 Å². The molecule has 0 spiro atoms. The van der Waals surface area contributed by atoms with E-state index in [4.69, 9.17) is 10.5 Å². The van der Waals surface area contributed by atoms with Gasteiger partial charge in [-0.1, -0.05) is 29.8 Å². The lowest BCUT2D eigenvalue weighted by Crippen LogP contribution is -2.38. The molecular formula is C24H25N3O5S. The number of rotatable bonds is 9. The summed E-state index contributed by atoms with van der Waals surface area (Å²) in [6, 6.07) is 19.0. The van der Waals surface area contributed by atoms with Gasteiger partial charge in [-0.15, -0.1) is 0 Å². The van der Waals surface area contributed by atoms with Gasteiger partial charge >= 0.3 is 0 Å². The number of nitrogens with two attached hydrogens (primary N) is 1. The number of benzene rings is 3. The first kappa shape index (κ1) is 23.8. The minimum absolute atomic E-state index is 0.0484. The third-order valence-electron chi connectivity index (χ3n) is 4.80. The first-order valence-electron chi connectivity index (χ1n) is 10.2. The Morgan fingerprint density at radius 1 is 0.970 bits per heavy atom. The van der Waals surface area contributed by atoms with E-state index in [2.05, 4.69) is 5.32 Å². The topological polar surface area (TPSA) is 119 Å². The number of carbonyl (C=O) groups is 2. The fourth-order valence-electron chi connectivity index (χ4n) is 3.15. The molecule has 0 fully saturated rings. The molecular weight excluding hydrogens is 442 g/mol. The highest BCUT2D eigenvalue weighted by Gasteiger charge is 2.27. The number of aryl methyl sites for hydroxylation is 1. The number of nitrogens with one attached hydrogen (secondary N) is 1. The van der Waals surface area contributed by atoms with E-state index in [-0.39, 0.29) is 21.8 Å². The van der Waals surface area contributed by atoms with E-state index in [1.807, 2.05) is 13.8 Å². The molecule has 3 rings (SSSR count). The third kappa shape index (κ3) is 5.69. The lowest BCUT2D eigenvalue weighted by Gasteiger charge is -2.24. The standard InChI is InChI=1S/C24H25N3O5S/c1-3-32-19-12-10-18(11-13-19)27(33(30,31)20-14-8-17(2)9-15-20)16-23(28)26-22-7-5-4-6-21(22)24(25)29/h4-15H,3,16H2,1-2H3,(H2,25,29)(H,26,28). The van der Waals surface area contributed by atoms with Crippen molar-refractivity contribution in [3.05, 3.63) is 83.9 Å². The van der Waals surface area contributed by atoms with Crippen molar-refractivity contribution >= 4 is 33.2 Å². The van der Waals surface area contributed by atoms with Crippen LogP contribution in [0, 0.1) is 6.92 Å². The van der Waals surface area contributed by atoms with Crippen LogP contribution in [0.25, 0.3) is 0 Å². The highest BCUT2D eigenvalue weighted by Crippen LogP contribution is 2.26. The molecule has 0 radical (unpaired) electrons. The molecule has 3 N–H and O–H groups in total. The van der Waals surface area contributed by atoms with Crippen LogP contribution in [0.4, 0.5) is 11.4 Å². The Kier molecular flexibility index (Phi) is 7.34. The largest absolute Gasteiger partial charge is 0.494 e. The summed E-state index contributed by atoms with van der Waals surface area (Å²) in [5, 5.41) is 2.59. The molecule has 0 aliphatic carbocycles. The second-order valence-electron chi connectivity index (χ2n) is 7.21. The minimum atomic E-state index is -4.07. The van der Waals surface area contributed by atoms with Crippen molar-refractivity contribution in [3.63, 3.8) is 0 Å². The number of amides is 2. The van der Waals surface area contributed by atoms with Crippen LogP contribution in [0.3, 0.4) is 0 Å². The number of anilines is 2. The van der Waals surface area contributed by atoms with Crippen LogP contribution in [0.2, 0.25) is 0 Å². The van der Waals surface area contributed by atoms with E-state index in [0.29, 0.717) is 12.4 Å². The van der Waals surface area contributed by atoms with Crippen molar-refractivity contribution in [1.82, 2.24) is 0 Å². The van der Waals surface area contributed by atoms with Gasteiger partial charge in [0, 0.05) is 0 Å². The van der Waals surface area contributed by atoms with Gasteiger partial charge in [0.05, 0.1) is 28.4 Å². The van der Waals surface area contributed by atoms with Crippen molar-refractivity contribution < 1.29 is 22.7 Å². The molecule has 0 heterocycles. The molecule has 0 unspecified atom stereocenters. The molecule has 2 amide bonds. The second kappa shape index (κ2) is 10.2. The van der Waals surface area contributed by atoms with Gasteiger partial charge < -0.3 is 15.8 Å². The number of hydrogen-bond donors (Lipinski definition) is 2. The molecule has 0 saturated heterocycles. The van der Waals surface area contributed by atoms with Crippen molar-refractivity contribution in [3.8, 4) is 5.75 Å². The lowest BCUT2D eigenvalue weighted by molar-refractivity contribution is -0.114. The van der Waals surface area contributed by atoms with Crippen LogP contribution in [0.15, 0.2) is 77.7 Å². The average molecular weight is 468 g/mol. The zero-order valence-corrected chi connectivity index (χ0v) is 19.1. The number of primary amides is 1. The molecule has 8 nitrogen and oxygen atoms in total. The van der Waals surface area contributed by atoms with Crippen LogP contribution in [0.1, 0.15) is 22.8 Å². The quantitative estimate of drug-likeness (QED) is 0.500. The van der Waals surface area contributed by atoms with Crippen molar-refractivity contribution in [2.45, 2.75) is 18.7 Å². The Morgan fingerprint density at radius 3 is 2.21 bits per heavy atom. The summed E-state index contributed by atoms with van der Waals surface area (Å²) in [5.74, 6) is -0.761. The fourth-order valence-corrected chi connectivity index (χ4v) is 4.58. The Labute approximate surface area is 193 Å². The van der Waals surface area contributed by atoms with Crippen molar-refractivity contribution in [2.24, 2.45) is 5.73 Å². The first-order valence-corrected chi connectivity index (χ1v) is 11.7. The van der Waals surface area contributed by atoms with E-state index < -0.39 is 28.4 Å². The molecule has 0 aliphatic rings. The number of carbonyl (C=O) groups excluding carboxylic acids is 2. The number of hydrogen-bond acceptors (Lipinski definition) is 5. The molecule has 0 atom stereocenters. The molecule has 3 aromatic rings. The summed E-state index contributed by atoms with van der Waals surface area (Å²) < 4.78 is 33.4. The summed E-state index contributed by atoms with van der Waals surface area (Å²) in [7, 11) is -4.07. The summed E-state index contributed by atoms with van der Waals surface area (Å²) >= 11 is 0. The van der Waals surface area contributed by atoms with Gasteiger partial charge in [0.1, 0.15) is 12.3 Å². The van der Waals surface area contributed by atoms with Crippen LogP contribution < -0.4 is 20.1 Å². The van der Waals surface area contributed by atoms with Crippen LogP contribution in [-0.2, 0) is 14.8 Å². The van der Waals surface area contributed by atoms with E-state index in [0.717, 1.165) is 9.87 Å². The predicted octanol–water partition coefficient (Wildman–Crippen LogP) is 3.33. The maximum atomic E-state index is 13.5. The van der Waals surface area contributed by atoms with Crippen LogP contribution >= 0.6 is 0 Å². The highest BCUT2D eigenvalue weighted by molar-refractivity contribution is 7.92. The Hall–Kier alpha value is -3.85. The second-order valence-corrected chi connectivity index (χ2v) is 9.07. The fraction of sp³-hybridized carbons (Fsp3) is 0.167. The zero-order valence-electron chi connectivity index (χ0n) is 18.3. The van der Waals surface area contributed by atoms with Crippen LogP contribution in [0.5, 0.6) is 5.75 Å². The first-order chi connectivity index (χ1) is 15.7. The molecule has 33 heavy (non-hydrogen) atoms. The normalized spacial score (nSPS) is 11.0. The molecule has 3 aromatic carbocycles. The molecule has 0 aromatic heterocycles. The minimum Gasteiger partial charge on any atom is -0.494 e. The van der Waals surface area contributed by atoms with Crippen LogP contribution in [-0.4, -0.2) is 33.4 Å². The van der Waals surface area contributed by atoms with Gasteiger partial charge in [-0.3, -0.25) is 13.9 Å². The highest BCUT2D eigenvalue weighted by atomic mass is 32.2. The summed E-state index contributed by atoms with van der Waals surface area (Å²) in [4.78, 5) is 24.6. The third-order valence-corrected chi connectivity index (χ3v) is 6.59. The zero-order chi connectivity index (χ0) is 24.0. The monoisotopic (exact) mass is 467 g/mol. The smallest absolute Gasteiger partial charge is 0.264 e. The van der Waals surface area contributed by atoms with Crippen molar-refractivity contribution in [1.29, 1.82) is 0 Å². The molecule has 0 aliphatic heterocycles. The van der Waals surface area contributed by atoms with E-state index in [9.17, 15) is 18.0 Å². The number of para-hydroxylation sites is 1.